The van der Waals surface area contributed by atoms with E-state index in [-0.39, 0.29) is 16.6 Å². The first-order chi connectivity index (χ1) is 12.7. The van der Waals surface area contributed by atoms with Crippen LogP contribution in [-0.4, -0.2) is 42.6 Å². The normalized spacial score (nSPS) is 10.7. The molecule has 0 aliphatic carbocycles. The van der Waals surface area contributed by atoms with E-state index in [1.807, 2.05) is 6.92 Å². The molecule has 11 heteroatoms. The lowest BCUT2D eigenvalue weighted by Crippen LogP contribution is -2.30. The van der Waals surface area contributed by atoms with Gasteiger partial charge in [-0.15, -0.1) is 0 Å². The van der Waals surface area contributed by atoms with Gasteiger partial charge < -0.3 is 9.84 Å². The molecule has 10 nitrogen and oxygen atoms in total. The van der Waals surface area contributed by atoms with Gasteiger partial charge in [-0.2, -0.15) is 13.5 Å². The summed E-state index contributed by atoms with van der Waals surface area (Å²) in [5.41, 5.74) is 5.16. The Morgan fingerprint density at radius 1 is 1.22 bits per heavy atom. The topological polar surface area (TPSA) is 164 Å². The highest BCUT2D eigenvalue weighted by molar-refractivity contribution is 7.85. The Morgan fingerprint density at radius 2 is 1.85 bits per heavy atom. The number of nitrogens with zero attached hydrogens (tertiary/aromatic N) is 1. The zero-order valence-electron chi connectivity index (χ0n) is 14.5. The highest BCUT2D eigenvalue weighted by Gasteiger charge is 2.06. The summed E-state index contributed by atoms with van der Waals surface area (Å²) in [7, 11) is -2.52. The Balaban J connectivity index is 0.000000289. The lowest BCUT2D eigenvalue weighted by molar-refractivity contribution is 0.228. The SMILES string of the molecule is COc1ccc(C=NNC(=N)NO)c(O)c1.Cc1ccc(S(=O)(=O)O)cc1. The van der Waals surface area contributed by atoms with E-state index < -0.39 is 10.1 Å². The molecule has 6 N–H and O–H groups in total. The van der Waals surface area contributed by atoms with Crippen LogP contribution in [0.25, 0.3) is 0 Å². The Hall–Kier alpha value is -3.15. The molecule has 0 radical (unpaired) electrons. The molecule has 0 aromatic heterocycles. The molecule has 0 heterocycles. The van der Waals surface area contributed by atoms with Crippen molar-refractivity contribution in [3.63, 3.8) is 0 Å². The zero-order chi connectivity index (χ0) is 20.4. The second kappa shape index (κ2) is 10.1. The van der Waals surface area contributed by atoms with Gasteiger partial charge in [0.2, 0.25) is 5.96 Å². The summed E-state index contributed by atoms with van der Waals surface area (Å²) in [5, 5.41) is 28.4. The van der Waals surface area contributed by atoms with E-state index in [0.717, 1.165) is 5.56 Å². The predicted octanol–water partition coefficient (Wildman–Crippen LogP) is 1.48. The van der Waals surface area contributed by atoms with Crippen LogP contribution in [0.15, 0.2) is 52.5 Å². The van der Waals surface area contributed by atoms with Crippen LogP contribution in [0.3, 0.4) is 0 Å². The predicted molar refractivity (Wildman–Crippen MR) is 99.0 cm³/mol. The fourth-order valence-corrected chi connectivity index (χ4v) is 2.14. The molecule has 2 aromatic rings. The maximum absolute atomic E-state index is 10.5. The zero-order valence-corrected chi connectivity index (χ0v) is 15.4. The van der Waals surface area contributed by atoms with Crippen LogP contribution in [0.1, 0.15) is 11.1 Å². The quantitative estimate of drug-likeness (QED) is 0.196. The Bertz CT molecular complexity index is 898. The smallest absolute Gasteiger partial charge is 0.294 e. The van der Waals surface area contributed by atoms with Crippen LogP contribution in [0, 0.1) is 12.3 Å². The van der Waals surface area contributed by atoms with Crippen LogP contribution >= 0.6 is 0 Å². The molecule has 27 heavy (non-hydrogen) atoms. The Labute approximate surface area is 156 Å². The lowest BCUT2D eigenvalue weighted by atomic mass is 10.2. The minimum Gasteiger partial charge on any atom is -0.507 e. The van der Waals surface area contributed by atoms with Gasteiger partial charge in [0.1, 0.15) is 11.5 Å². The van der Waals surface area contributed by atoms with Crippen molar-refractivity contribution < 1.29 is 28.0 Å². The van der Waals surface area contributed by atoms with Crippen molar-refractivity contribution in [1.82, 2.24) is 10.9 Å². The van der Waals surface area contributed by atoms with Crippen LogP contribution in [0.4, 0.5) is 0 Å². The number of hydrazone groups is 1. The fraction of sp³-hybridized carbons (Fsp3) is 0.125. The van der Waals surface area contributed by atoms with E-state index in [9.17, 15) is 13.5 Å². The third-order valence-electron chi connectivity index (χ3n) is 3.05. The molecular formula is C16H20N4O6S. The number of phenols is 1. The average Bonchev–Trinajstić information content (AvgIpc) is 2.63. The molecule has 0 amide bonds. The summed E-state index contributed by atoms with van der Waals surface area (Å²) in [6, 6.07) is 10.7. The first kappa shape index (κ1) is 21.9. The number of hydrogen-bond acceptors (Lipinski definition) is 7. The van der Waals surface area contributed by atoms with Crippen LogP contribution in [0.2, 0.25) is 0 Å². The number of nitrogens with one attached hydrogen (secondary N) is 3. The van der Waals surface area contributed by atoms with E-state index in [4.69, 9.17) is 19.9 Å². The third kappa shape index (κ3) is 7.73. The van der Waals surface area contributed by atoms with E-state index in [2.05, 4.69) is 10.5 Å². The molecule has 0 fully saturated rings. The molecule has 0 bridgehead atoms. The van der Waals surface area contributed by atoms with Crippen LogP contribution in [-0.2, 0) is 10.1 Å². The monoisotopic (exact) mass is 396 g/mol. The maximum Gasteiger partial charge on any atom is 0.294 e. The molecule has 0 aliphatic rings. The summed E-state index contributed by atoms with van der Waals surface area (Å²) in [6.07, 6.45) is 1.31. The highest BCUT2D eigenvalue weighted by Crippen LogP contribution is 2.21. The summed E-state index contributed by atoms with van der Waals surface area (Å²) in [5.74, 6) is 0.171. The fourth-order valence-electron chi connectivity index (χ4n) is 1.66. The van der Waals surface area contributed by atoms with Crippen molar-refractivity contribution in [2.45, 2.75) is 11.8 Å². The van der Waals surface area contributed by atoms with Gasteiger partial charge in [-0.3, -0.25) is 15.2 Å². The summed E-state index contributed by atoms with van der Waals surface area (Å²) in [4.78, 5) is -0.0666. The molecular weight excluding hydrogens is 376 g/mol. The molecule has 0 atom stereocenters. The molecule has 2 rings (SSSR count). The molecule has 0 aliphatic heterocycles. The number of ether oxygens (including phenoxy) is 1. The minimum absolute atomic E-state index is 0.00777. The second-order valence-corrected chi connectivity index (χ2v) is 6.49. The third-order valence-corrected chi connectivity index (χ3v) is 3.92. The van der Waals surface area contributed by atoms with Crippen LogP contribution in [0.5, 0.6) is 11.5 Å². The Kier molecular flexibility index (Phi) is 8.20. The number of benzene rings is 2. The van der Waals surface area contributed by atoms with E-state index >= 15 is 0 Å². The van der Waals surface area contributed by atoms with Gasteiger partial charge >= 0.3 is 0 Å². The Morgan fingerprint density at radius 3 is 2.33 bits per heavy atom. The van der Waals surface area contributed by atoms with Crippen molar-refractivity contribution >= 4 is 22.3 Å². The van der Waals surface area contributed by atoms with Crippen molar-refractivity contribution in [3.8, 4) is 11.5 Å². The number of guanidine groups is 1. The van der Waals surface area contributed by atoms with Gasteiger partial charge in [-0.05, 0) is 31.2 Å². The van der Waals surface area contributed by atoms with Crippen molar-refractivity contribution in [1.29, 1.82) is 5.41 Å². The standard InChI is InChI=1S/C9H12N4O3.C7H8O3S/c1-16-7-3-2-6(8(14)4-7)5-11-12-9(10)13-15;1-6-2-4-7(5-3-6)11(8,9)10/h2-5,14-15H,1H3,(H3,10,12,13);2-5H,1H3,(H,8,9,10). The molecule has 146 valence electrons. The molecule has 0 spiro atoms. The lowest BCUT2D eigenvalue weighted by Gasteiger charge is -2.03. The van der Waals surface area contributed by atoms with Gasteiger partial charge in [0, 0.05) is 11.6 Å². The summed E-state index contributed by atoms with van der Waals surface area (Å²) in [6.45, 7) is 1.84. The first-order valence-corrected chi connectivity index (χ1v) is 8.80. The van der Waals surface area contributed by atoms with E-state index in [1.54, 1.807) is 29.7 Å². The van der Waals surface area contributed by atoms with Gasteiger partial charge in [0.05, 0.1) is 18.2 Å². The van der Waals surface area contributed by atoms with Gasteiger partial charge in [0.15, 0.2) is 0 Å². The number of phenolic OH excluding ortho intramolecular Hbond substituents is 1. The number of hydroxylamine groups is 1. The minimum atomic E-state index is -4.02. The summed E-state index contributed by atoms with van der Waals surface area (Å²) < 4.78 is 34.5. The van der Waals surface area contributed by atoms with Crippen LogP contribution < -0.4 is 15.6 Å². The highest BCUT2D eigenvalue weighted by atomic mass is 32.2. The molecule has 0 saturated heterocycles. The van der Waals surface area contributed by atoms with E-state index in [0.29, 0.717) is 11.3 Å². The molecule has 0 saturated carbocycles. The van der Waals surface area contributed by atoms with Crippen molar-refractivity contribution in [2.24, 2.45) is 5.10 Å². The maximum atomic E-state index is 10.5. The van der Waals surface area contributed by atoms with Gasteiger partial charge in [-0.1, -0.05) is 17.7 Å². The van der Waals surface area contributed by atoms with Crippen molar-refractivity contribution in [2.75, 3.05) is 7.11 Å². The first-order valence-electron chi connectivity index (χ1n) is 7.36. The summed E-state index contributed by atoms with van der Waals surface area (Å²) >= 11 is 0. The molecule has 0 unspecified atom stereocenters. The largest absolute Gasteiger partial charge is 0.507 e. The molecule has 2 aromatic carbocycles. The van der Waals surface area contributed by atoms with Crippen molar-refractivity contribution in [3.05, 3.63) is 53.6 Å². The number of aryl methyl sites for hydroxylation is 1. The number of hydrogen-bond donors (Lipinski definition) is 6. The average molecular weight is 396 g/mol. The number of rotatable bonds is 4. The number of aromatic hydroxyl groups is 1. The second-order valence-electron chi connectivity index (χ2n) is 5.07. The van der Waals surface area contributed by atoms with E-state index in [1.165, 1.54) is 31.5 Å². The van der Waals surface area contributed by atoms with Gasteiger partial charge in [0.25, 0.3) is 10.1 Å². The number of methoxy groups -OCH3 is 1. The van der Waals surface area contributed by atoms with Gasteiger partial charge in [-0.25, -0.2) is 10.9 Å².